The van der Waals surface area contributed by atoms with Crippen molar-refractivity contribution < 1.29 is 9.15 Å². The van der Waals surface area contributed by atoms with E-state index in [9.17, 15) is 0 Å². The normalized spacial score (nSPS) is 24.5. The van der Waals surface area contributed by atoms with Gasteiger partial charge in [-0.2, -0.15) is 0 Å². The van der Waals surface area contributed by atoms with E-state index in [1.54, 1.807) is 0 Å². The second-order valence-electron chi connectivity index (χ2n) is 3.23. The Morgan fingerprint density at radius 2 is 2.62 bits per heavy atom. The van der Waals surface area contributed by atoms with E-state index >= 15 is 0 Å². The Morgan fingerprint density at radius 3 is 3.23 bits per heavy atom. The fraction of sp³-hybridized carbons (Fsp3) is 0.750. The first-order chi connectivity index (χ1) is 6.36. The lowest BCUT2D eigenvalue weighted by Crippen LogP contribution is -2.30. The van der Waals surface area contributed by atoms with E-state index in [1.165, 1.54) is 6.39 Å². The summed E-state index contributed by atoms with van der Waals surface area (Å²) in [5.74, 6) is 0. The molecule has 5 heteroatoms. The zero-order valence-corrected chi connectivity index (χ0v) is 7.56. The molecule has 0 aromatic carbocycles. The first kappa shape index (κ1) is 8.50. The Balaban J connectivity index is 1.87. The molecule has 1 aliphatic rings. The van der Waals surface area contributed by atoms with E-state index in [2.05, 4.69) is 22.4 Å². The number of hydrogen-bond donors (Lipinski definition) is 1. The van der Waals surface area contributed by atoms with Crippen molar-refractivity contribution in [3.05, 3.63) is 6.39 Å². The Labute approximate surface area is 76.5 Å². The summed E-state index contributed by atoms with van der Waals surface area (Å²) in [4.78, 5) is 0. The molecule has 1 aliphatic heterocycles. The van der Waals surface area contributed by atoms with Gasteiger partial charge in [0.25, 0.3) is 0 Å². The lowest BCUT2D eigenvalue weighted by Gasteiger charge is -2.18. The van der Waals surface area contributed by atoms with E-state index in [0.717, 1.165) is 19.4 Å². The monoisotopic (exact) mass is 183 g/mol. The molecule has 72 valence electrons. The summed E-state index contributed by atoms with van der Waals surface area (Å²) in [6, 6.07) is 0.686. The Kier molecular flexibility index (Phi) is 2.44. The molecular formula is C8H13N3O2. The SMILES string of the molecule is CC(Nc1nnco1)C1CCCO1. The van der Waals surface area contributed by atoms with Crippen LogP contribution in [-0.4, -0.2) is 29.0 Å². The molecule has 0 bridgehead atoms. The molecule has 0 saturated carbocycles. The largest absolute Gasteiger partial charge is 0.411 e. The third kappa shape index (κ3) is 1.98. The molecule has 1 saturated heterocycles. The highest BCUT2D eigenvalue weighted by Crippen LogP contribution is 2.17. The van der Waals surface area contributed by atoms with E-state index < -0.39 is 0 Å². The molecule has 2 atom stereocenters. The fourth-order valence-electron chi connectivity index (χ4n) is 1.52. The van der Waals surface area contributed by atoms with Crippen molar-refractivity contribution in [2.75, 3.05) is 11.9 Å². The summed E-state index contributed by atoms with van der Waals surface area (Å²) in [5.41, 5.74) is 0. The van der Waals surface area contributed by atoms with Crippen molar-refractivity contribution in [2.24, 2.45) is 0 Å². The molecule has 2 unspecified atom stereocenters. The molecule has 2 heterocycles. The van der Waals surface area contributed by atoms with Gasteiger partial charge in [0.15, 0.2) is 0 Å². The van der Waals surface area contributed by atoms with Gasteiger partial charge in [-0.25, -0.2) is 0 Å². The fourth-order valence-corrected chi connectivity index (χ4v) is 1.52. The lowest BCUT2D eigenvalue weighted by molar-refractivity contribution is 0.0990. The van der Waals surface area contributed by atoms with Gasteiger partial charge in [-0.1, -0.05) is 5.10 Å². The van der Waals surface area contributed by atoms with E-state index in [0.29, 0.717) is 6.01 Å². The highest BCUT2D eigenvalue weighted by atomic mass is 16.5. The summed E-state index contributed by atoms with van der Waals surface area (Å²) in [6.45, 7) is 2.92. The smallest absolute Gasteiger partial charge is 0.315 e. The molecule has 13 heavy (non-hydrogen) atoms. The van der Waals surface area contributed by atoms with Gasteiger partial charge in [-0.05, 0) is 19.8 Å². The van der Waals surface area contributed by atoms with Crippen LogP contribution >= 0.6 is 0 Å². The van der Waals surface area contributed by atoms with Gasteiger partial charge < -0.3 is 14.5 Å². The molecular weight excluding hydrogens is 170 g/mol. The quantitative estimate of drug-likeness (QED) is 0.758. The molecule has 0 aliphatic carbocycles. The van der Waals surface area contributed by atoms with Crippen LogP contribution < -0.4 is 5.32 Å². The zero-order chi connectivity index (χ0) is 9.10. The van der Waals surface area contributed by atoms with Crippen LogP contribution in [0, 0.1) is 0 Å². The third-order valence-electron chi connectivity index (χ3n) is 2.23. The minimum absolute atomic E-state index is 0.225. The highest BCUT2D eigenvalue weighted by molar-refractivity contribution is 5.18. The topological polar surface area (TPSA) is 60.2 Å². The average Bonchev–Trinajstić information content (AvgIpc) is 2.74. The van der Waals surface area contributed by atoms with E-state index in [1.807, 2.05) is 0 Å². The van der Waals surface area contributed by atoms with Gasteiger partial charge in [0.05, 0.1) is 12.1 Å². The molecule has 0 spiro atoms. The number of ether oxygens (including phenoxy) is 1. The molecule has 1 aromatic rings. The Hall–Kier alpha value is -1.10. The number of nitrogens with zero attached hydrogens (tertiary/aromatic N) is 2. The Bertz CT molecular complexity index is 244. The molecule has 2 rings (SSSR count). The van der Waals surface area contributed by atoms with Gasteiger partial charge in [-0.15, -0.1) is 5.10 Å². The number of rotatable bonds is 3. The maximum atomic E-state index is 5.51. The molecule has 0 radical (unpaired) electrons. The van der Waals surface area contributed by atoms with Crippen LogP contribution in [0.15, 0.2) is 10.8 Å². The second kappa shape index (κ2) is 3.74. The number of nitrogens with one attached hydrogen (secondary N) is 1. The average molecular weight is 183 g/mol. The molecule has 5 nitrogen and oxygen atoms in total. The van der Waals surface area contributed by atoms with Crippen LogP contribution in [0.25, 0.3) is 0 Å². The second-order valence-corrected chi connectivity index (χ2v) is 3.23. The summed E-state index contributed by atoms with van der Waals surface area (Å²) < 4.78 is 10.5. The van der Waals surface area contributed by atoms with Crippen molar-refractivity contribution in [1.29, 1.82) is 0 Å². The summed E-state index contributed by atoms with van der Waals surface area (Å²) in [7, 11) is 0. The van der Waals surface area contributed by atoms with E-state index in [4.69, 9.17) is 9.15 Å². The van der Waals surface area contributed by atoms with Crippen LogP contribution in [0.5, 0.6) is 0 Å². The third-order valence-corrected chi connectivity index (χ3v) is 2.23. The van der Waals surface area contributed by atoms with Crippen LogP contribution in [0.4, 0.5) is 6.01 Å². The zero-order valence-electron chi connectivity index (χ0n) is 7.56. The highest BCUT2D eigenvalue weighted by Gasteiger charge is 2.22. The lowest BCUT2D eigenvalue weighted by atomic mass is 10.1. The van der Waals surface area contributed by atoms with Gasteiger partial charge >= 0.3 is 6.01 Å². The molecule has 1 aromatic heterocycles. The minimum atomic E-state index is 0.225. The summed E-state index contributed by atoms with van der Waals surface area (Å²) in [6.07, 6.45) is 3.82. The first-order valence-electron chi connectivity index (χ1n) is 4.50. The van der Waals surface area contributed by atoms with Crippen LogP contribution in [0.1, 0.15) is 19.8 Å². The maximum Gasteiger partial charge on any atom is 0.315 e. The standard InChI is InChI=1S/C8H13N3O2/c1-6(7-3-2-4-12-7)10-8-11-9-5-13-8/h5-7H,2-4H2,1H3,(H,10,11). The number of anilines is 1. The summed E-state index contributed by atoms with van der Waals surface area (Å²) >= 11 is 0. The predicted octanol–water partition coefficient (Wildman–Crippen LogP) is 1.05. The van der Waals surface area contributed by atoms with Crippen molar-refractivity contribution in [3.8, 4) is 0 Å². The van der Waals surface area contributed by atoms with Crippen LogP contribution in [-0.2, 0) is 4.74 Å². The molecule has 1 fully saturated rings. The van der Waals surface area contributed by atoms with Crippen molar-refractivity contribution in [1.82, 2.24) is 10.2 Å². The first-order valence-corrected chi connectivity index (χ1v) is 4.50. The summed E-state index contributed by atoms with van der Waals surface area (Å²) in [5, 5.41) is 10.4. The Morgan fingerprint density at radius 1 is 1.69 bits per heavy atom. The van der Waals surface area contributed by atoms with Crippen molar-refractivity contribution >= 4 is 6.01 Å². The number of hydrogen-bond acceptors (Lipinski definition) is 5. The van der Waals surface area contributed by atoms with Gasteiger partial charge in [0, 0.05) is 6.61 Å². The number of aromatic nitrogens is 2. The van der Waals surface area contributed by atoms with Crippen molar-refractivity contribution in [2.45, 2.75) is 31.9 Å². The van der Waals surface area contributed by atoms with Crippen molar-refractivity contribution in [3.63, 3.8) is 0 Å². The van der Waals surface area contributed by atoms with Gasteiger partial charge in [-0.3, -0.25) is 0 Å². The predicted molar refractivity (Wildman–Crippen MR) is 46.4 cm³/mol. The van der Waals surface area contributed by atoms with Gasteiger partial charge in [0.1, 0.15) is 0 Å². The molecule has 1 N–H and O–H groups in total. The minimum Gasteiger partial charge on any atom is -0.411 e. The molecule has 0 amide bonds. The maximum absolute atomic E-state index is 5.51. The van der Waals surface area contributed by atoms with E-state index in [-0.39, 0.29) is 12.1 Å². The van der Waals surface area contributed by atoms with Crippen LogP contribution in [0.3, 0.4) is 0 Å². The van der Waals surface area contributed by atoms with Crippen LogP contribution in [0.2, 0.25) is 0 Å². The van der Waals surface area contributed by atoms with Gasteiger partial charge in [0.2, 0.25) is 6.39 Å².